The molecule has 1 nitrogen and oxygen atoms in total. The van der Waals surface area contributed by atoms with Crippen LogP contribution in [0.3, 0.4) is 0 Å². The Labute approximate surface area is 107 Å². The van der Waals surface area contributed by atoms with Crippen LogP contribution in [0.4, 0.5) is 0 Å². The Balaban J connectivity index is 1.84. The maximum absolute atomic E-state index is 6.83. The van der Waals surface area contributed by atoms with E-state index in [0.29, 0.717) is 5.41 Å². The highest BCUT2D eigenvalue weighted by molar-refractivity contribution is 5.13. The third kappa shape index (κ3) is 1.77. The molecule has 0 aliphatic heterocycles. The number of hydrogen-bond donors (Lipinski definition) is 1. The van der Waals surface area contributed by atoms with Crippen LogP contribution in [0.2, 0.25) is 0 Å². The normalized spacial score (nSPS) is 52.1. The minimum atomic E-state index is 0.229. The standard InChI is InChI=1S/C16H29N/c1-3-5-6-15-8-12-7-13(10-15)14(4-2)16(17,9-12)11-15/h12-14H,3-11,17H2,1-2H3. The molecule has 0 aromatic heterocycles. The molecule has 4 aliphatic carbocycles. The molecule has 4 fully saturated rings. The van der Waals surface area contributed by atoms with Gasteiger partial charge in [0.25, 0.3) is 0 Å². The van der Waals surface area contributed by atoms with Gasteiger partial charge in [-0.3, -0.25) is 0 Å². The molecule has 0 spiro atoms. The number of nitrogens with two attached hydrogens (primary N) is 1. The summed E-state index contributed by atoms with van der Waals surface area (Å²) in [5.41, 5.74) is 7.73. The second kappa shape index (κ2) is 3.98. The fourth-order valence-corrected chi connectivity index (χ4v) is 6.10. The SMILES string of the molecule is CCCCC12CC3CC(C1)C(CC)C(N)(C3)C2. The van der Waals surface area contributed by atoms with E-state index in [0.717, 1.165) is 17.8 Å². The molecule has 5 atom stereocenters. The van der Waals surface area contributed by atoms with E-state index in [4.69, 9.17) is 5.73 Å². The third-order valence-corrected chi connectivity index (χ3v) is 6.23. The van der Waals surface area contributed by atoms with Gasteiger partial charge in [-0.25, -0.2) is 0 Å². The Morgan fingerprint density at radius 1 is 1.18 bits per heavy atom. The minimum absolute atomic E-state index is 0.229. The monoisotopic (exact) mass is 235 g/mol. The third-order valence-electron chi connectivity index (χ3n) is 6.23. The van der Waals surface area contributed by atoms with Crippen LogP contribution >= 0.6 is 0 Å². The molecule has 0 aromatic carbocycles. The molecule has 17 heavy (non-hydrogen) atoms. The summed E-state index contributed by atoms with van der Waals surface area (Å²) in [7, 11) is 0. The Morgan fingerprint density at radius 2 is 2.00 bits per heavy atom. The fraction of sp³-hybridized carbons (Fsp3) is 1.00. The van der Waals surface area contributed by atoms with E-state index < -0.39 is 0 Å². The van der Waals surface area contributed by atoms with Gasteiger partial charge in [-0.15, -0.1) is 0 Å². The van der Waals surface area contributed by atoms with Crippen LogP contribution in [-0.4, -0.2) is 5.54 Å². The molecule has 4 saturated carbocycles. The van der Waals surface area contributed by atoms with Gasteiger partial charge in [-0.05, 0) is 61.7 Å². The van der Waals surface area contributed by atoms with E-state index in [1.54, 1.807) is 0 Å². The molecule has 5 unspecified atom stereocenters. The van der Waals surface area contributed by atoms with Crippen LogP contribution in [0.5, 0.6) is 0 Å². The lowest BCUT2D eigenvalue weighted by molar-refractivity contribution is -0.115. The molecule has 0 heterocycles. The van der Waals surface area contributed by atoms with Gasteiger partial charge in [0.2, 0.25) is 0 Å². The Kier molecular flexibility index (Phi) is 2.81. The van der Waals surface area contributed by atoms with E-state index >= 15 is 0 Å². The van der Waals surface area contributed by atoms with Crippen molar-refractivity contribution in [3.8, 4) is 0 Å². The maximum Gasteiger partial charge on any atom is 0.0193 e. The highest BCUT2D eigenvalue weighted by atomic mass is 14.8. The first-order valence-corrected chi connectivity index (χ1v) is 7.90. The molecular formula is C16H29N. The predicted octanol–water partition coefficient (Wildman–Crippen LogP) is 4.11. The second-order valence-corrected chi connectivity index (χ2v) is 7.50. The van der Waals surface area contributed by atoms with E-state index in [9.17, 15) is 0 Å². The van der Waals surface area contributed by atoms with E-state index in [2.05, 4.69) is 13.8 Å². The van der Waals surface area contributed by atoms with Crippen LogP contribution in [0, 0.1) is 23.2 Å². The quantitative estimate of drug-likeness (QED) is 0.779. The Morgan fingerprint density at radius 3 is 2.65 bits per heavy atom. The lowest BCUT2D eigenvalue weighted by Crippen LogP contribution is -2.65. The van der Waals surface area contributed by atoms with Crippen molar-refractivity contribution in [2.24, 2.45) is 28.9 Å². The summed E-state index contributed by atoms with van der Waals surface area (Å²) in [5.74, 6) is 2.80. The van der Waals surface area contributed by atoms with Crippen molar-refractivity contribution >= 4 is 0 Å². The molecular weight excluding hydrogens is 206 g/mol. The van der Waals surface area contributed by atoms with Gasteiger partial charge in [-0.1, -0.05) is 33.1 Å². The lowest BCUT2D eigenvalue weighted by Gasteiger charge is -2.65. The highest BCUT2D eigenvalue weighted by Crippen LogP contribution is 2.65. The molecule has 0 saturated heterocycles. The Hall–Kier alpha value is -0.0400. The van der Waals surface area contributed by atoms with Crippen molar-refractivity contribution in [1.82, 2.24) is 0 Å². The highest BCUT2D eigenvalue weighted by Gasteiger charge is 2.59. The number of unbranched alkanes of at least 4 members (excludes halogenated alkanes) is 1. The minimum Gasteiger partial charge on any atom is -0.325 e. The second-order valence-electron chi connectivity index (χ2n) is 7.50. The van der Waals surface area contributed by atoms with Gasteiger partial charge in [0.05, 0.1) is 0 Å². The largest absolute Gasteiger partial charge is 0.325 e. The van der Waals surface area contributed by atoms with Crippen LogP contribution in [0.25, 0.3) is 0 Å². The lowest BCUT2D eigenvalue weighted by atomic mass is 9.42. The van der Waals surface area contributed by atoms with Gasteiger partial charge < -0.3 is 5.73 Å². The molecule has 1 heteroatoms. The van der Waals surface area contributed by atoms with Crippen LogP contribution < -0.4 is 5.73 Å². The summed E-state index contributed by atoms with van der Waals surface area (Å²) < 4.78 is 0. The summed E-state index contributed by atoms with van der Waals surface area (Å²) in [6, 6.07) is 0. The summed E-state index contributed by atoms with van der Waals surface area (Å²) in [6.07, 6.45) is 12.8. The first kappa shape index (κ1) is 12.0. The molecule has 4 rings (SSSR count). The molecule has 4 bridgehead atoms. The van der Waals surface area contributed by atoms with Crippen molar-refractivity contribution < 1.29 is 0 Å². The molecule has 4 aliphatic rings. The van der Waals surface area contributed by atoms with Gasteiger partial charge >= 0.3 is 0 Å². The average molecular weight is 235 g/mol. The van der Waals surface area contributed by atoms with Gasteiger partial charge in [0.15, 0.2) is 0 Å². The maximum atomic E-state index is 6.83. The van der Waals surface area contributed by atoms with Gasteiger partial charge in [-0.2, -0.15) is 0 Å². The summed E-state index contributed by atoms with van der Waals surface area (Å²) in [4.78, 5) is 0. The van der Waals surface area contributed by atoms with Crippen LogP contribution in [-0.2, 0) is 0 Å². The summed E-state index contributed by atoms with van der Waals surface area (Å²) in [6.45, 7) is 4.69. The molecule has 0 amide bonds. The number of rotatable bonds is 4. The van der Waals surface area contributed by atoms with Crippen molar-refractivity contribution in [2.75, 3.05) is 0 Å². The van der Waals surface area contributed by atoms with Crippen LogP contribution in [0.15, 0.2) is 0 Å². The summed E-state index contributed by atoms with van der Waals surface area (Å²) in [5, 5.41) is 0. The van der Waals surface area contributed by atoms with Gasteiger partial charge in [0.1, 0.15) is 0 Å². The molecule has 0 aromatic rings. The first-order chi connectivity index (χ1) is 8.11. The van der Waals surface area contributed by atoms with Crippen molar-refractivity contribution in [3.05, 3.63) is 0 Å². The smallest absolute Gasteiger partial charge is 0.0193 e. The Bertz CT molecular complexity index is 300. The zero-order valence-corrected chi connectivity index (χ0v) is 11.7. The summed E-state index contributed by atoms with van der Waals surface area (Å²) >= 11 is 0. The first-order valence-electron chi connectivity index (χ1n) is 7.90. The average Bonchev–Trinajstić information content (AvgIpc) is 2.24. The molecule has 0 radical (unpaired) electrons. The zero-order chi connectivity index (χ0) is 12.1. The van der Waals surface area contributed by atoms with Crippen LogP contribution in [0.1, 0.15) is 71.6 Å². The zero-order valence-electron chi connectivity index (χ0n) is 11.7. The van der Waals surface area contributed by atoms with Crippen molar-refractivity contribution in [1.29, 1.82) is 0 Å². The topological polar surface area (TPSA) is 26.0 Å². The molecule has 98 valence electrons. The van der Waals surface area contributed by atoms with E-state index in [1.165, 1.54) is 57.8 Å². The number of hydrogen-bond acceptors (Lipinski definition) is 1. The van der Waals surface area contributed by atoms with Crippen molar-refractivity contribution in [3.63, 3.8) is 0 Å². The predicted molar refractivity (Wildman–Crippen MR) is 72.7 cm³/mol. The van der Waals surface area contributed by atoms with Gasteiger partial charge in [0, 0.05) is 5.54 Å². The van der Waals surface area contributed by atoms with Crippen molar-refractivity contribution in [2.45, 2.75) is 77.2 Å². The fourth-order valence-electron chi connectivity index (χ4n) is 6.10. The van der Waals surface area contributed by atoms with E-state index in [1.807, 2.05) is 0 Å². The van der Waals surface area contributed by atoms with E-state index in [-0.39, 0.29) is 5.54 Å². The molecule has 2 N–H and O–H groups in total.